The van der Waals surface area contributed by atoms with E-state index in [1.165, 1.54) is 33.5 Å². The van der Waals surface area contributed by atoms with Gasteiger partial charge in [-0.05, 0) is 67.5 Å². The number of amides is 1. The number of hydrogen-bond acceptors (Lipinski definition) is 4. The molecule has 3 aromatic rings. The van der Waals surface area contributed by atoms with E-state index in [9.17, 15) is 4.79 Å². The molecule has 36 heavy (non-hydrogen) atoms. The van der Waals surface area contributed by atoms with Gasteiger partial charge >= 0.3 is 0 Å². The zero-order valence-corrected chi connectivity index (χ0v) is 21.9. The van der Waals surface area contributed by atoms with Crippen molar-refractivity contribution in [3.8, 4) is 0 Å². The number of thioether (sulfide) groups is 1. The van der Waals surface area contributed by atoms with Crippen LogP contribution < -0.4 is 10.7 Å². The lowest BCUT2D eigenvalue weighted by Gasteiger charge is -2.37. The smallest absolute Gasteiger partial charge is 0.250 e. The first-order valence-corrected chi connectivity index (χ1v) is 13.7. The van der Waals surface area contributed by atoms with Crippen LogP contribution in [0.25, 0.3) is 0 Å². The van der Waals surface area contributed by atoms with Gasteiger partial charge in [0.25, 0.3) is 0 Å². The molecule has 2 N–H and O–H groups in total. The summed E-state index contributed by atoms with van der Waals surface area (Å²) in [4.78, 5) is 12.4. The zero-order valence-electron chi connectivity index (χ0n) is 21.1. The van der Waals surface area contributed by atoms with Gasteiger partial charge in [-0.15, -0.1) is 11.8 Å². The van der Waals surface area contributed by atoms with Crippen LogP contribution in [0.1, 0.15) is 58.7 Å². The molecule has 0 fully saturated rings. The number of carbonyl (C=O) groups excluding carboxylic acids is 1. The second-order valence-electron chi connectivity index (χ2n) is 9.91. The van der Waals surface area contributed by atoms with Gasteiger partial charge in [-0.25, -0.2) is 5.43 Å². The van der Waals surface area contributed by atoms with Crippen molar-refractivity contribution < 1.29 is 4.79 Å². The van der Waals surface area contributed by atoms with Gasteiger partial charge in [-0.2, -0.15) is 5.10 Å². The number of aryl methyl sites for hydroxylation is 2. The van der Waals surface area contributed by atoms with E-state index in [0.717, 1.165) is 23.4 Å². The minimum Gasteiger partial charge on any atom is -0.378 e. The Morgan fingerprint density at radius 2 is 1.83 bits per heavy atom. The summed E-state index contributed by atoms with van der Waals surface area (Å²) in [7, 11) is 0. The summed E-state index contributed by atoms with van der Waals surface area (Å²) >= 11 is 1.61. The first-order valence-electron chi connectivity index (χ1n) is 12.6. The number of allylic oxidation sites excluding steroid dienone is 2. The number of hydrazone groups is 1. The average molecular weight is 496 g/mol. The second kappa shape index (κ2) is 10.8. The van der Waals surface area contributed by atoms with Gasteiger partial charge in [0.1, 0.15) is 0 Å². The first kappa shape index (κ1) is 24.4. The van der Waals surface area contributed by atoms with Crippen molar-refractivity contribution in [3.05, 3.63) is 112 Å². The van der Waals surface area contributed by atoms with E-state index in [2.05, 4.69) is 109 Å². The monoisotopic (exact) mass is 495 g/mol. The Bertz CT molecular complexity index is 1290. The molecule has 1 amide bonds. The minimum absolute atomic E-state index is 0.0761. The second-order valence-corrected chi connectivity index (χ2v) is 10.9. The van der Waals surface area contributed by atoms with Gasteiger partial charge < -0.3 is 5.32 Å². The molecule has 0 unspecified atom stereocenters. The van der Waals surface area contributed by atoms with Crippen molar-refractivity contribution in [1.82, 2.24) is 5.43 Å². The van der Waals surface area contributed by atoms with Crippen molar-refractivity contribution in [2.45, 2.75) is 44.9 Å². The molecule has 0 bridgehead atoms. The van der Waals surface area contributed by atoms with E-state index >= 15 is 0 Å². The van der Waals surface area contributed by atoms with Crippen LogP contribution in [0.5, 0.6) is 0 Å². The summed E-state index contributed by atoms with van der Waals surface area (Å²) in [5.41, 5.74) is 12.2. The van der Waals surface area contributed by atoms with Crippen LogP contribution in [-0.2, 0) is 10.5 Å². The normalized spacial score (nSPS) is 20.4. The van der Waals surface area contributed by atoms with Crippen molar-refractivity contribution in [3.63, 3.8) is 0 Å². The molecule has 0 aromatic heterocycles. The number of carbonyl (C=O) groups is 1. The predicted octanol–water partition coefficient (Wildman–Crippen LogP) is 6.90. The van der Waals surface area contributed by atoms with E-state index in [1.807, 2.05) is 6.92 Å². The first-order chi connectivity index (χ1) is 17.5. The van der Waals surface area contributed by atoms with Gasteiger partial charge in [-0.1, -0.05) is 77.9 Å². The van der Waals surface area contributed by atoms with Crippen LogP contribution in [0.15, 0.2) is 84.0 Å². The van der Waals surface area contributed by atoms with E-state index in [-0.39, 0.29) is 5.91 Å². The van der Waals surface area contributed by atoms with Crippen molar-refractivity contribution in [1.29, 1.82) is 0 Å². The Morgan fingerprint density at radius 3 is 2.61 bits per heavy atom. The number of nitrogens with one attached hydrogen (secondary N) is 2. The van der Waals surface area contributed by atoms with Gasteiger partial charge in [0.05, 0.1) is 17.5 Å². The summed E-state index contributed by atoms with van der Waals surface area (Å²) in [6.45, 7) is 6.16. The average Bonchev–Trinajstić information content (AvgIpc) is 3.37. The number of hydrogen-bond donors (Lipinski definition) is 2. The third-order valence-corrected chi connectivity index (χ3v) is 8.07. The fourth-order valence-corrected chi connectivity index (χ4v) is 6.22. The highest BCUT2D eigenvalue weighted by atomic mass is 32.2. The molecule has 184 valence electrons. The molecule has 2 aliphatic rings. The molecular weight excluding hydrogens is 462 g/mol. The van der Waals surface area contributed by atoms with Crippen LogP contribution >= 0.6 is 11.8 Å². The molecule has 0 saturated carbocycles. The van der Waals surface area contributed by atoms with Gasteiger partial charge in [0.15, 0.2) is 0 Å². The van der Waals surface area contributed by atoms with Gasteiger partial charge in [-0.3, -0.25) is 4.79 Å². The molecule has 0 radical (unpaired) electrons. The molecule has 3 atom stereocenters. The molecule has 4 nitrogen and oxygen atoms in total. The molecule has 5 heteroatoms. The Balaban J connectivity index is 1.23. The summed E-state index contributed by atoms with van der Waals surface area (Å²) in [6.07, 6.45) is 5.74. The van der Waals surface area contributed by atoms with E-state index in [0.29, 0.717) is 23.6 Å². The largest absolute Gasteiger partial charge is 0.378 e. The molecule has 1 aliphatic carbocycles. The quantitative estimate of drug-likeness (QED) is 0.213. The number of anilines is 1. The third kappa shape index (κ3) is 5.41. The van der Waals surface area contributed by atoms with Crippen LogP contribution in [0.2, 0.25) is 0 Å². The van der Waals surface area contributed by atoms with Crippen LogP contribution in [0, 0.1) is 19.8 Å². The topological polar surface area (TPSA) is 53.5 Å². The molecule has 1 heterocycles. The SMILES string of the molecule is C/C(=N/NC(=O)CSCc1cc(C)cc(C)c1)c1ccc2c(c1)[C@@H]1C=CC[C@@H]1[C@H](c1ccccc1)N2. The van der Waals surface area contributed by atoms with Gasteiger partial charge in [0.2, 0.25) is 5.91 Å². The lowest BCUT2D eigenvalue weighted by atomic mass is 9.76. The summed E-state index contributed by atoms with van der Waals surface area (Å²) in [6, 6.07) is 24.0. The van der Waals surface area contributed by atoms with Crippen molar-refractivity contribution in [2.24, 2.45) is 11.0 Å². The van der Waals surface area contributed by atoms with E-state index in [4.69, 9.17) is 0 Å². The van der Waals surface area contributed by atoms with E-state index < -0.39 is 0 Å². The number of nitrogens with zero attached hydrogens (tertiary/aromatic N) is 1. The van der Waals surface area contributed by atoms with Crippen LogP contribution in [0.3, 0.4) is 0 Å². The number of fused-ring (bicyclic) bond motifs is 3. The summed E-state index contributed by atoms with van der Waals surface area (Å²) in [5, 5.41) is 8.20. The van der Waals surface area contributed by atoms with Crippen LogP contribution in [0.4, 0.5) is 5.69 Å². The standard InChI is InChI=1S/C31H33N3OS/c1-20-14-21(2)16-23(15-20)18-36-19-30(35)34-33-22(3)25-12-13-29-28(17-25)26-10-7-11-27(26)31(32-29)24-8-5-4-6-9-24/h4-10,12-17,26-27,31-32H,11,18-19H2,1-3H3,(H,34,35)/b33-22-/t26-,27+,31+/m1/s1. The maximum atomic E-state index is 12.4. The van der Waals surface area contributed by atoms with Crippen molar-refractivity contribution >= 4 is 29.1 Å². The minimum atomic E-state index is -0.0761. The molecule has 3 aromatic carbocycles. The number of rotatable bonds is 7. The fraction of sp³-hybridized carbons (Fsp3) is 0.290. The highest BCUT2D eigenvalue weighted by molar-refractivity contribution is 7.99. The maximum Gasteiger partial charge on any atom is 0.250 e. The molecular formula is C31H33N3OS. The van der Waals surface area contributed by atoms with Crippen molar-refractivity contribution in [2.75, 3.05) is 11.1 Å². The Labute approximate surface area is 218 Å². The molecule has 0 spiro atoms. The highest BCUT2D eigenvalue weighted by Gasteiger charge is 2.37. The summed E-state index contributed by atoms with van der Waals surface area (Å²) in [5.74, 6) is 2.01. The van der Waals surface area contributed by atoms with Gasteiger partial charge in [0, 0.05) is 17.4 Å². The van der Waals surface area contributed by atoms with Crippen LogP contribution in [-0.4, -0.2) is 17.4 Å². The highest BCUT2D eigenvalue weighted by Crippen LogP contribution is 2.49. The Hall–Kier alpha value is -3.31. The van der Waals surface area contributed by atoms with E-state index in [1.54, 1.807) is 11.8 Å². The fourth-order valence-electron chi connectivity index (χ4n) is 5.47. The third-order valence-electron chi connectivity index (χ3n) is 7.07. The lowest BCUT2D eigenvalue weighted by Crippen LogP contribution is -2.29. The Morgan fingerprint density at radius 1 is 1.06 bits per heavy atom. The molecule has 1 aliphatic heterocycles. The number of benzene rings is 3. The summed E-state index contributed by atoms with van der Waals surface area (Å²) < 4.78 is 0. The lowest BCUT2D eigenvalue weighted by molar-refractivity contribution is -0.118. The molecule has 0 saturated heterocycles. The molecule has 5 rings (SSSR count). The Kier molecular flexibility index (Phi) is 7.28. The predicted molar refractivity (Wildman–Crippen MR) is 152 cm³/mol. The maximum absolute atomic E-state index is 12.4. The zero-order chi connectivity index (χ0) is 25.1.